The fraction of sp³-hybridized carbons (Fsp3) is 0. The topological polar surface area (TPSA) is 106 Å². The quantitative estimate of drug-likeness (QED) is 0.228. The Balaban J connectivity index is 4.10. The lowest BCUT2D eigenvalue weighted by atomic mass is 13.0. The van der Waals surface area contributed by atoms with Gasteiger partial charge in [0.2, 0.25) is 0 Å². The molecule has 40 valence electrons. The molecule has 0 bridgehead atoms. The zero-order valence-electron chi connectivity index (χ0n) is 3.09. The van der Waals surface area contributed by atoms with E-state index in [1.54, 1.807) is 0 Å². The summed E-state index contributed by atoms with van der Waals surface area (Å²) in [4.78, 5) is 19.4. The van der Waals surface area contributed by atoms with Crippen LogP contribution in [0.5, 0.6) is 0 Å². The minimum Gasteiger partial charge on any atom is -0.320 e. The Hall–Kier alpha value is -0.540. The normalized spacial score (nSPS) is 10.0. The Morgan fingerprint density at radius 1 is 1.71 bits per heavy atom. The van der Waals surface area contributed by atoms with Crippen molar-refractivity contribution in [2.45, 2.75) is 0 Å². The lowest BCUT2D eigenvalue weighted by molar-refractivity contribution is 0.374. The molecule has 0 atom stereocenters. The van der Waals surface area contributed by atoms with Crippen LogP contribution in [-0.2, 0) is 4.57 Å². The molecule has 0 saturated heterocycles. The summed E-state index contributed by atoms with van der Waals surface area (Å²) in [6, 6.07) is 0. The molecule has 0 saturated carbocycles. The van der Waals surface area contributed by atoms with Gasteiger partial charge in [-0.05, 0) is 5.53 Å². The first-order chi connectivity index (χ1) is 3.06. The molecule has 0 aromatic heterocycles. The van der Waals surface area contributed by atoms with E-state index >= 15 is 0 Å². The molecule has 0 heterocycles. The van der Waals surface area contributed by atoms with Gasteiger partial charge in [0.25, 0.3) is 0 Å². The van der Waals surface area contributed by atoms with E-state index in [1.807, 2.05) is 4.91 Å². The summed E-state index contributed by atoms with van der Waals surface area (Å²) in [5, 5.41) is 0. The van der Waals surface area contributed by atoms with Crippen molar-refractivity contribution in [1.29, 1.82) is 0 Å². The third kappa shape index (κ3) is 5.46. The van der Waals surface area contributed by atoms with Crippen LogP contribution in [0.2, 0.25) is 0 Å². The van der Waals surface area contributed by atoms with E-state index in [9.17, 15) is 4.57 Å². The van der Waals surface area contributed by atoms with E-state index < -0.39 is 7.75 Å². The van der Waals surface area contributed by atoms with E-state index in [0.29, 0.717) is 0 Å². The smallest absolute Gasteiger partial charge is 0.320 e. The van der Waals surface area contributed by atoms with Crippen molar-refractivity contribution < 1.29 is 14.4 Å². The maximum absolute atomic E-state index is 9.51. The van der Waals surface area contributed by atoms with Crippen LogP contribution in [0.1, 0.15) is 0 Å². The van der Waals surface area contributed by atoms with Crippen molar-refractivity contribution in [3.8, 4) is 0 Å². The van der Waals surface area contributed by atoms with Gasteiger partial charge >= 0.3 is 7.75 Å². The van der Waals surface area contributed by atoms with Gasteiger partial charge in [-0.2, -0.15) is 0 Å². The zero-order chi connectivity index (χ0) is 5.91. The first-order valence-electron chi connectivity index (χ1n) is 1.18. The second-order valence-corrected chi connectivity index (χ2v) is 1.90. The Labute approximate surface area is 38.6 Å². The van der Waals surface area contributed by atoms with Gasteiger partial charge in [0, 0.05) is 9.80 Å². The summed E-state index contributed by atoms with van der Waals surface area (Å²) in [7, 11) is -4.46. The molecule has 2 N–H and O–H groups in total. The van der Waals surface area contributed by atoms with Gasteiger partial charge in [0.15, 0.2) is 0 Å². The van der Waals surface area contributed by atoms with Gasteiger partial charge in [0.05, 0.1) is 0 Å². The molecule has 7 heavy (non-hydrogen) atoms. The van der Waals surface area contributed by atoms with Crippen LogP contribution >= 0.6 is 7.75 Å². The third-order valence-electron chi connectivity index (χ3n) is 0.157. The summed E-state index contributed by atoms with van der Waals surface area (Å²) < 4.78 is 9.51. The molecule has 0 aromatic rings. The molecule has 7 heteroatoms. The Bertz CT molecular complexity index is 138. The van der Waals surface area contributed by atoms with Crippen molar-refractivity contribution >= 4 is 7.75 Å². The number of azide groups is 1. The standard InChI is InChI=1S/H2N3O3P/c1-2-3-7(4,5)6/h(H2,4,5,6). The number of hydrogen-bond donors (Lipinski definition) is 2. The highest BCUT2D eigenvalue weighted by atomic mass is 31.2. The van der Waals surface area contributed by atoms with Gasteiger partial charge in [-0.15, -0.1) is 0 Å². The first-order valence-corrected chi connectivity index (χ1v) is 2.75. The largest absolute Gasteiger partial charge is 0.415 e. The molecule has 0 fully saturated rings. The van der Waals surface area contributed by atoms with Gasteiger partial charge in [0.1, 0.15) is 0 Å². The molecular formula is H2N3O3P. The summed E-state index contributed by atoms with van der Waals surface area (Å²) >= 11 is 0. The number of nitrogens with zero attached hydrogens (tertiary/aromatic N) is 3. The maximum Gasteiger partial charge on any atom is 0.415 e. The number of rotatable bonds is 1. The molecule has 0 aromatic carbocycles. The predicted octanol–water partition coefficient (Wildman–Crippen LogP) is 0.389. The van der Waals surface area contributed by atoms with E-state index in [2.05, 4.69) is 4.88 Å². The Morgan fingerprint density at radius 3 is 2.14 bits per heavy atom. The summed E-state index contributed by atoms with van der Waals surface area (Å²) in [5.41, 5.74) is 7.37. The van der Waals surface area contributed by atoms with Crippen molar-refractivity contribution in [3.05, 3.63) is 10.4 Å². The molecule has 0 spiro atoms. The minimum atomic E-state index is -4.46. The lowest BCUT2D eigenvalue weighted by Gasteiger charge is -1.85. The Morgan fingerprint density at radius 2 is 2.14 bits per heavy atom. The summed E-state index contributed by atoms with van der Waals surface area (Å²) in [6.07, 6.45) is 0. The van der Waals surface area contributed by atoms with E-state index in [-0.39, 0.29) is 0 Å². The average Bonchev–Trinajstić information content (AvgIpc) is 1.30. The van der Waals surface area contributed by atoms with Crippen LogP contribution in [0.4, 0.5) is 0 Å². The minimum absolute atomic E-state index is 1.87. The predicted molar refractivity (Wildman–Crippen MR) is 21.2 cm³/mol. The molecule has 0 aliphatic carbocycles. The number of hydrogen-bond acceptors (Lipinski definition) is 1. The van der Waals surface area contributed by atoms with Gasteiger partial charge in [-0.3, -0.25) is 4.57 Å². The zero-order valence-corrected chi connectivity index (χ0v) is 3.99. The molecule has 0 aliphatic heterocycles. The van der Waals surface area contributed by atoms with E-state index in [1.165, 1.54) is 0 Å². The fourth-order valence-corrected chi connectivity index (χ4v) is 0.156. The molecule has 0 rings (SSSR count). The molecule has 0 aliphatic rings. The van der Waals surface area contributed by atoms with Crippen LogP contribution < -0.4 is 0 Å². The molecule has 6 nitrogen and oxygen atoms in total. The van der Waals surface area contributed by atoms with Crippen molar-refractivity contribution in [2.75, 3.05) is 0 Å². The second-order valence-electron chi connectivity index (χ2n) is 0.692. The highest BCUT2D eigenvalue weighted by molar-refractivity contribution is 7.50. The highest BCUT2D eigenvalue weighted by Gasteiger charge is 2.05. The van der Waals surface area contributed by atoms with Crippen LogP contribution in [0.3, 0.4) is 0 Å². The van der Waals surface area contributed by atoms with Crippen LogP contribution in [-0.4, -0.2) is 9.79 Å². The van der Waals surface area contributed by atoms with Gasteiger partial charge < -0.3 is 9.79 Å². The van der Waals surface area contributed by atoms with Gasteiger partial charge in [-0.25, -0.2) is 0 Å². The van der Waals surface area contributed by atoms with E-state index in [0.717, 1.165) is 0 Å². The maximum atomic E-state index is 9.51. The first kappa shape index (κ1) is 6.46. The second kappa shape index (κ2) is 1.95. The lowest BCUT2D eigenvalue weighted by Crippen LogP contribution is -1.63. The average molecular weight is 123 g/mol. The van der Waals surface area contributed by atoms with Crippen LogP contribution in [0.25, 0.3) is 10.4 Å². The monoisotopic (exact) mass is 123 g/mol. The molecule has 0 radical (unpaired) electrons. The summed E-state index contributed by atoms with van der Waals surface area (Å²) in [5.74, 6) is 0. The van der Waals surface area contributed by atoms with E-state index in [4.69, 9.17) is 15.3 Å². The van der Waals surface area contributed by atoms with Gasteiger partial charge in [-0.1, -0.05) is 0 Å². The Kier molecular flexibility index (Phi) is 1.80. The molecule has 0 amide bonds. The molecule has 0 unspecified atom stereocenters. The van der Waals surface area contributed by atoms with Crippen molar-refractivity contribution in [3.63, 3.8) is 0 Å². The summed E-state index contributed by atoms with van der Waals surface area (Å²) in [6.45, 7) is 0. The highest BCUT2D eigenvalue weighted by Crippen LogP contribution is 2.35. The van der Waals surface area contributed by atoms with Crippen molar-refractivity contribution in [1.82, 2.24) is 0 Å². The van der Waals surface area contributed by atoms with Crippen LogP contribution in [0, 0.1) is 0 Å². The van der Waals surface area contributed by atoms with Crippen LogP contribution in [0.15, 0.2) is 4.88 Å². The SMILES string of the molecule is [N-]=[N+]=NP(=O)(O)O. The fourth-order valence-electron chi connectivity index (χ4n) is 0.0521. The molecular weight excluding hydrogens is 121 g/mol. The van der Waals surface area contributed by atoms with Crippen molar-refractivity contribution in [2.24, 2.45) is 4.88 Å². The third-order valence-corrected chi connectivity index (χ3v) is 0.470.